The third-order valence-corrected chi connectivity index (χ3v) is 2.60. The molecule has 0 amide bonds. The number of halogens is 1. The van der Waals surface area contributed by atoms with Crippen molar-refractivity contribution < 1.29 is 4.74 Å². The van der Waals surface area contributed by atoms with E-state index in [0.29, 0.717) is 22.3 Å². The van der Waals surface area contributed by atoms with Crippen molar-refractivity contribution in [3.8, 4) is 5.75 Å². The summed E-state index contributed by atoms with van der Waals surface area (Å²) in [5.74, 6) is 1.14. The van der Waals surface area contributed by atoms with E-state index < -0.39 is 0 Å². The van der Waals surface area contributed by atoms with Gasteiger partial charge in [-0.15, -0.1) is 0 Å². The van der Waals surface area contributed by atoms with Crippen LogP contribution in [0, 0.1) is 11.3 Å². The van der Waals surface area contributed by atoms with Crippen molar-refractivity contribution in [3.63, 3.8) is 0 Å². The number of ether oxygens (including phenoxy) is 1. The molecule has 0 saturated heterocycles. The minimum Gasteiger partial charge on any atom is -0.490 e. The summed E-state index contributed by atoms with van der Waals surface area (Å²) in [5, 5.41) is 8.07. The molecule has 17 heavy (non-hydrogen) atoms. The first-order valence-electron chi connectivity index (χ1n) is 5.70. The van der Waals surface area contributed by atoms with E-state index >= 15 is 0 Å². The summed E-state index contributed by atoms with van der Waals surface area (Å²) < 4.78 is 5.79. The predicted molar refractivity (Wildman–Crippen MR) is 72.0 cm³/mol. The summed E-state index contributed by atoms with van der Waals surface area (Å²) in [6, 6.07) is 5.12. The Morgan fingerprint density at radius 3 is 2.59 bits per heavy atom. The zero-order valence-electron chi connectivity index (χ0n) is 10.5. The Bertz CT molecular complexity index is 404. The number of nitrogens with one attached hydrogen (secondary N) is 1. The van der Waals surface area contributed by atoms with Crippen LogP contribution in [-0.4, -0.2) is 11.9 Å². The molecule has 0 aliphatic rings. The van der Waals surface area contributed by atoms with Crippen LogP contribution in [0.25, 0.3) is 0 Å². The summed E-state index contributed by atoms with van der Waals surface area (Å²) in [6.45, 7) is 6.29. The van der Waals surface area contributed by atoms with Crippen LogP contribution in [0.2, 0.25) is 5.02 Å². The minimum absolute atomic E-state index is 0.00610. The summed E-state index contributed by atoms with van der Waals surface area (Å²) >= 11 is 5.92. The molecule has 3 N–H and O–H groups in total. The molecule has 3 nitrogen and oxygen atoms in total. The van der Waals surface area contributed by atoms with E-state index in [0.717, 1.165) is 6.42 Å². The predicted octanol–water partition coefficient (Wildman–Crippen LogP) is 3.44. The molecule has 94 valence electrons. The topological polar surface area (TPSA) is 59.1 Å². The highest BCUT2D eigenvalue weighted by Crippen LogP contribution is 2.25. The fourth-order valence-corrected chi connectivity index (χ4v) is 1.91. The molecule has 0 radical (unpaired) electrons. The van der Waals surface area contributed by atoms with Gasteiger partial charge in [-0.2, -0.15) is 0 Å². The van der Waals surface area contributed by atoms with Crippen molar-refractivity contribution >= 4 is 17.4 Å². The number of benzene rings is 1. The second kappa shape index (κ2) is 5.92. The number of hydrogen-bond donors (Lipinski definition) is 2. The maximum absolute atomic E-state index is 7.49. The molecular formula is C13H19ClN2O. The highest BCUT2D eigenvalue weighted by Gasteiger charge is 2.12. The van der Waals surface area contributed by atoms with Gasteiger partial charge in [-0.1, -0.05) is 25.4 Å². The van der Waals surface area contributed by atoms with E-state index in [9.17, 15) is 0 Å². The molecule has 0 heterocycles. The number of amidine groups is 1. The maximum Gasteiger partial charge on any atom is 0.132 e. The zero-order chi connectivity index (χ0) is 13.0. The van der Waals surface area contributed by atoms with Crippen LogP contribution in [-0.2, 0) is 0 Å². The highest BCUT2D eigenvalue weighted by molar-refractivity contribution is 6.30. The molecule has 0 aliphatic heterocycles. The van der Waals surface area contributed by atoms with Gasteiger partial charge in [-0.05, 0) is 37.5 Å². The van der Waals surface area contributed by atoms with Gasteiger partial charge in [0.05, 0.1) is 11.7 Å². The third-order valence-electron chi connectivity index (χ3n) is 2.37. The van der Waals surface area contributed by atoms with Gasteiger partial charge in [0.25, 0.3) is 0 Å². The lowest BCUT2D eigenvalue weighted by molar-refractivity contribution is 0.193. The maximum atomic E-state index is 7.49. The average Bonchev–Trinajstić information content (AvgIpc) is 2.15. The molecule has 1 unspecified atom stereocenters. The van der Waals surface area contributed by atoms with E-state index in [2.05, 4.69) is 13.8 Å². The fourth-order valence-electron chi connectivity index (χ4n) is 1.74. The largest absolute Gasteiger partial charge is 0.490 e. The molecule has 1 aromatic rings. The quantitative estimate of drug-likeness (QED) is 0.625. The summed E-state index contributed by atoms with van der Waals surface area (Å²) in [4.78, 5) is 0. The van der Waals surface area contributed by atoms with Crippen LogP contribution in [0.4, 0.5) is 0 Å². The SMILES string of the molecule is CC(C)CC(C)Oc1cc(Cl)ccc1C(=N)N. The van der Waals surface area contributed by atoms with Gasteiger partial charge in [-0.25, -0.2) is 0 Å². The number of nitrogen functional groups attached to an aromatic ring is 1. The molecule has 1 aromatic carbocycles. The first-order valence-corrected chi connectivity index (χ1v) is 6.08. The second-order valence-corrected chi connectivity index (χ2v) is 5.05. The van der Waals surface area contributed by atoms with Gasteiger partial charge in [-0.3, -0.25) is 5.41 Å². The van der Waals surface area contributed by atoms with Gasteiger partial charge in [0.1, 0.15) is 11.6 Å². The Morgan fingerprint density at radius 1 is 1.41 bits per heavy atom. The van der Waals surface area contributed by atoms with E-state index in [1.165, 1.54) is 0 Å². The number of nitrogens with two attached hydrogens (primary N) is 1. The Labute approximate surface area is 107 Å². The van der Waals surface area contributed by atoms with E-state index in [4.69, 9.17) is 27.5 Å². The van der Waals surface area contributed by atoms with Crippen molar-refractivity contribution in [1.82, 2.24) is 0 Å². The van der Waals surface area contributed by atoms with E-state index in [-0.39, 0.29) is 11.9 Å². The van der Waals surface area contributed by atoms with Crippen molar-refractivity contribution in [2.24, 2.45) is 11.7 Å². The zero-order valence-corrected chi connectivity index (χ0v) is 11.2. The molecule has 1 atom stereocenters. The van der Waals surface area contributed by atoms with Crippen molar-refractivity contribution in [3.05, 3.63) is 28.8 Å². The lowest BCUT2D eigenvalue weighted by Gasteiger charge is -2.18. The van der Waals surface area contributed by atoms with Gasteiger partial charge in [0, 0.05) is 5.02 Å². The third kappa shape index (κ3) is 4.27. The first kappa shape index (κ1) is 13.8. The van der Waals surface area contributed by atoms with Crippen molar-refractivity contribution in [2.75, 3.05) is 0 Å². The smallest absolute Gasteiger partial charge is 0.132 e. The van der Waals surface area contributed by atoms with Crippen LogP contribution in [0.5, 0.6) is 5.75 Å². The van der Waals surface area contributed by atoms with Crippen LogP contribution in [0.15, 0.2) is 18.2 Å². The molecule has 0 fully saturated rings. The van der Waals surface area contributed by atoms with E-state index in [1.54, 1.807) is 18.2 Å². The first-order chi connectivity index (χ1) is 7.90. The lowest BCUT2D eigenvalue weighted by Crippen LogP contribution is -2.18. The fraction of sp³-hybridized carbons (Fsp3) is 0.462. The minimum atomic E-state index is -0.00610. The summed E-state index contributed by atoms with van der Waals surface area (Å²) in [5.41, 5.74) is 6.09. The Balaban J connectivity index is 2.88. The average molecular weight is 255 g/mol. The molecule has 1 rings (SSSR count). The summed E-state index contributed by atoms with van der Waals surface area (Å²) in [7, 11) is 0. The summed E-state index contributed by atoms with van der Waals surface area (Å²) in [6.07, 6.45) is 1.02. The standard InChI is InChI=1S/C13H19ClN2O/c1-8(2)6-9(3)17-12-7-10(14)4-5-11(12)13(15)16/h4-5,7-9H,6H2,1-3H3,(H3,15,16). The molecule has 4 heteroatoms. The van der Waals surface area contributed by atoms with Crippen molar-refractivity contribution in [1.29, 1.82) is 5.41 Å². The van der Waals surface area contributed by atoms with Gasteiger partial charge < -0.3 is 10.5 Å². The molecule has 0 spiro atoms. The van der Waals surface area contributed by atoms with Gasteiger partial charge >= 0.3 is 0 Å². The van der Waals surface area contributed by atoms with E-state index in [1.807, 2.05) is 6.92 Å². The van der Waals surface area contributed by atoms with Gasteiger partial charge in [0.15, 0.2) is 0 Å². The van der Waals surface area contributed by atoms with Crippen molar-refractivity contribution in [2.45, 2.75) is 33.3 Å². The van der Waals surface area contributed by atoms with Crippen LogP contribution >= 0.6 is 11.6 Å². The molecule has 0 bridgehead atoms. The molecule has 0 saturated carbocycles. The Kier molecular flexibility index (Phi) is 4.82. The number of hydrogen-bond acceptors (Lipinski definition) is 2. The molecule has 0 aliphatic carbocycles. The second-order valence-electron chi connectivity index (χ2n) is 4.61. The Hall–Kier alpha value is -1.22. The lowest BCUT2D eigenvalue weighted by atomic mass is 10.1. The normalized spacial score (nSPS) is 12.5. The monoisotopic (exact) mass is 254 g/mol. The molecule has 0 aromatic heterocycles. The van der Waals surface area contributed by atoms with Crippen LogP contribution in [0.1, 0.15) is 32.8 Å². The van der Waals surface area contributed by atoms with Crippen LogP contribution in [0.3, 0.4) is 0 Å². The highest BCUT2D eigenvalue weighted by atomic mass is 35.5. The number of rotatable bonds is 5. The Morgan fingerprint density at radius 2 is 2.06 bits per heavy atom. The molecular weight excluding hydrogens is 236 g/mol. The van der Waals surface area contributed by atoms with Gasteiger partial charge in [0.2, 0.25) is 0 Å². The van der Waals surface area contributed by atoms with Crippen LogP contribution < -0.4 is 10.5 Å².